The molecule has 33 heavy (non-hydrogen) atoms. The fraction of sp³-hybridized carbons (Fsp3) is 0.652. The third kappa shape index (κ3) is 6.11. The molecule has 0 aromatic heterocycles. The fourth-order valence-corrected chi connectivity index (χ4v) is 7.28. The van der Waals surface area contributed by atoms with Gasteiger partial charge in [-0.25, -0.2) is 13.1 Å². The van der Waals surface area contributed by atoms with Crippen LogP contribution >= 0.6 is 0 Å². The van der Waals surface area contributed by atoms with Crippen molar-refractivity contribution in [3.63, 3.8) is 0 Å². The molecule has 1 aromatic carbocycles. The fourth-order valence-electron chi connectivity index (χ4n) is 5.88. The molecule has 1 aliphatic carbocycles. The van der Waals surface area contributed by atoms with Crippen LogP contribution in [0.4, 0.5) is 0 Å². The van der Waals surface area contributed by atoms with Gasteiger partial charge in [-0.1, -0.05) is 30.3 Å². The number of carboxylic acids is 2. The second-order valence-electron chi connectivity index (χ2n) is 9.84. The molecule has 0 spiro atoms. The minimum atomic E-state index is -3.59. The van der Waals surface area contributed by atoms with Crippen LogP contribution in [0.25, 0.3) is 0 Å². The summed E-state index contributed by atoms with van der Waals surface area (Å²) in [5, 5.41) is 22.2. The summed E-state index contributed by atoms with van der Waals surface area (Å²) in [6, 6.07) is 7.26. The van der Waals surface area contributed by atoms with Crippen LogP contribution in [0.5, 0.6) is 0 Å². The molecular weight excluding hydrogens is 446 g/mol. The van der Waals surface area contributed by atoms with E-state index in [0.717, 1.165) is 25.8 Å². The maximum absolute atomic E-state index is 12.6. The number of hydrogen-bond acceptors (Lipinski definition) is 6. The molecule has 1 saturated carbocycles. The van der Waals surface area contributed by atoms with Gasteiger partial charge < -0.3 is 15.5 Å². The molecule has 0 amide bonds. The zero-order valence-electron chi connectivity index (χ0n) is 18.6. The lowest BCUT2D eigenvalue weighted by atomic mass is 9.69. The summed E-state index contributed by atoms with van der Waals surface area (Å²) < 4.78 is 28.0. The first-order valence-electron chi connectivity index (χ1n) is 11.7. The van der Waals surface area contributed by atoms with Crippen LogP contribution in [0.3, 0.4) is 0 Å². The van der Waals surface area contributed by atoms with Gasteiger partial charge >= 0.3 is 11.9 Å². The van der Waals surface area contributed by atoms with Crippen molar-refractivity contribution < 1.29 is 28.2 Å². The van der Waals surface area contributed by atoms with Crippen molar-refractivity contribution in [2.45, 2.75) is 56.0 Å². The average Bonchev–Trinajstić information content (AvgIpc) is 3.15. The highest BCUT2D eigenvalue weighted by Crippen LogP contribution is 2.39. The molecule has 2 aliphatic heterocycles. The lowest BCUT2D eigenvalue weighted by Gasteiger charge is -2.42. The first-order valence-corrected chi connectivity index (χ1v) is 13.3. The van der Waals surface area contributed by atoms with E-state index in [-0.39, 0.29) is 12.2 Å². The summed E-state index contributed by atoms with van der Waals surface area (Å²) in [5.74, 6) is -0.777. The van der Waals surface area contributed by atoms with Crippen LogP contribution in [-0.2, 0) is 25.4 Å². The Bertz CT molecular complexity index is 956. The highest BCUT2D eigenvalue weighted by atomic mass is 32.2. The van der Waals surface area contributed by atoms with Crippen LogP contribution in [0, 0.1) is 17.8 Å². The van der Waals surface area contributed by atoms with Crippen molar-refractivity contribution in [3.05, 3.63) is 35.9 Å². The number of piperidine rings is 1. The number of carboxylic acid groups (broad SMARTS) is 2. The van der Waals surface area contributed by atoms with Crippen LogP contribution in [0.2, 0.25) is 0 Å². The zero-order valence-corrected chi connectivity index (χ0v) is 19.4. The number of benzene rings is 1. The molecule has 2 heterocycles. The smallest absolute Gasteiger partial charge is 0.320 e. The number of aliphatic carboxylic acids is 2. The van der Waals surface area contributed by atoms with Gasteiger partial charge in [0, 0.05) is 19.1 Å². The Morgan fingerprint density at radius 2 is 1.79 bits per heavy atom. The van der Waals surface area contributed by atoms with E-state index >= 15 is 0 Å². The average molecular weight is 480 g/mol. The molecule has 10 heteroatoms. The molecule has 3 aliphatic rings. The van der Waals surface area contributed by atoms with Gasteiger partial charge in [-0.3, -0.25) is 14.5 Å². The molecule has 6 unspecified atom stereocenters. The lowest BCUT2D eigenvalue weighted by Crippen LogP contribution is -2.50. The first-order chi connectivity index (χ1) is 15.7. The van der Waals surface area contributed by atoms with Crippen molar-refractivity contribution in [3.8, 4) is 0 Å². The molecule has 4 N–H and O–H groups in total. The molecule has 2 saturated heterocycles. The zero-order chi connectivity index (χ0) is 23.6. The van der Waals surface area contributed by atoms with Gasteiger partial charge in [-0.15, -0.1) is 0 Å². The molecule has 9 nitrogen and oxygen atoms in total. The number of nitrogens with one attached hydrogen (secondary N) is 2. The van der Waals surface area contributed by atoms with Gasteiger partial charge in [0.2, 0.25) is 10.0 Å². The van der Waals surface area contributed by atoms with Crippen LogP contribution in [0.1, 0.15) is 37.7 Å². The number of fused-ring (bicyclic) bond motifs is 1. The summed E-state index contributed by atoms with van der Waals surface area (Å²) >= 11 is 0. The highest BCUT2D eigenvalue weighted by molar-refractivity contribution is 7.88. The van der Waals surface area contributed by atoms with E-state index in [9.17, 15) is 28.2 Å². The number of hydrogen-bond donors (Lipinski definition) is 4. The molecule has 6 atom stereocenters. The summed E-state index contributed by atoms with van der Waals surface area (Å²) in [4.78, 5) is 25.2. The molecular formula is C23H33N3O6S. The second kappa shape index (κ2) is 10.1. The summed E-state index contributed by atoms with van der Waals surface area (Å²) in [7, 11) is -3.59. The van der Waals surface area contributed by atoms with Crippen LogP contribution < -0.4 is 10.0 Å². The maximum atomic E-state index is 12.6. The first kappa shape index (κ1) is 24.1. The monoisotopic (exact) mass is 479 g/mol. The number of rotatable bonds is 8. The summed E-state index contributed by atoms with van der Waals surface area (Å²) in [6.07, 6.45) is 3.73. The Labute approximate surface area is 194 Å². The molecule has 0 radical (unpaired) electrons. The van der Waals surface area contributed by atoms with E-state index < -0.39 is 40.1 Å². The maximum Gasteiger partial charge on any atom is 0.320 e. The van der Waals surface area contributed by atoms with Crippen LogP contribution in [-0.4, -0.2) is 73.2 Å². The number of carbonyl (C=O) groups is 2. The highest BCUT2D eigenvalue weighted by Gasteiger charge is 2.42. The molecule has 182 valence electrons. The normalized spacial score (nSPS) is 32.8. The summed E-state index contributed by atoms with van der Waals surface area (Å²) in [5.41, 5.74) is 0.688. The van der Waals surface area contributed by atoms with Gasteiger partial charge in [-0.05, 0) is 62.0 Å². The summed E-state index contributed by atoms with van der Waals surface area (Å²) in [6.45, 7) is 1.69. The predicted molar refractivity (Wildman–Crippen MR) is 122 cm³/mol. The van der Waals surface area contributed by atoms with E-state index in [1.54, 1.807) is 24.3 Å². The quantitative estimate of drug-likeness (QED) is 0.435. The van der Waals surface area contributed by atoms with Gasteiger partial charge in [0.1, 0.15) is 12.1 Å². The lowest BCUT2D eigenvalue weighted by molar-refractivity contribution is -0.143. The topological polar surface area (TPSA) is 136 Å². The van der Waals surface area contributed by atoms with Gasteiger partial charge in [-0.2, -0.15) is 0 Å². The SMILES string of the molecule is O=C(O)C1CC2CC(CN3CC(NS(=O)(=O)Cc4ccccc4)CC3C(=O)O)CCC2CN1. The minimum Gasteiger partial charge on any atom is -0.480 e. The van der Waals surface area contributed by atoms with E-state index in [2.05, 4.69) is 10.0 Å². The Morgan fingerprint density at radius 3 is 2.48 bits per heavy atom. The van der Waals surface area contributed by atoms with Crippen molar-refractivity contribution in [1.29, 1.82) is 0 Å². The van der Waals surface area contributed by atoms with Crippen molar-refractivity contribution >= 4 is 22.0 Å². The molecule has 4 rings (SSSR count). The van der Waals surface area contributed by atoms with Crippen LogP contribution in [0.15, 0.2) is 30.3 Å². The van der Waals surface area contributed by atoms with E-state index in [1.165, 1.54) is 0 Å². The van der Waals surface area contributed by atoms with E-state index in [4.69, 9.17) is 0 Å². The van der Waals surface area contributed by atoms with Crippen molar-refractivity contribution in [1.82, 2.24) is 14.9 Å². The predicted octanol–water partition coefficient (Wildman–Crippen LogP) is 1.11. The number of sulfonamides is 1. The molecule has 0 bridgehead atoms. The Morgan fingerprint density at radius 1 is 1.03 bits per heavy atom. The number of nitrogens with zero attached hydrogens (tertiary/aromatic N) is 1. The number of likely N-dealkylation sites (tertiary alicyclic amines) is 1. The third-order valence-corrected chi connectivity index (χ3v) is 8.84. The Balaban J connectivity index is 1.35. The van der Waals surface area contributed by atoms with Gasteiger partial charge in [0.15, 0.2) is 0 Å². The second-order valence-corrected chi connectivity index (χ2v) is 11.6. The van der Waals surface area contributed by atoms with E-state index in [1.807, 2.05) is 11.0 Å². The standard InChI is InChI=1S/C23H33N3O6S/c27-22(28)20-9-18-8-16(6-7-17(18)11-24-20)12-26-13-19(10-21(26)23(29)30)25-33(31,32)14-15-4-2-1-3-5-15/h1-5,16-21,24-25H,6-14H2,(H,27,28)(H,29,30). The minimum absolute atomic E-state index is 0.132. The Kier molecular flexibility index (Phi) is 7.37. The van der Waals surface area contributed by atoms with Crippen molar-refractivity contribution in [2.75, 3.05) is 19.6 Å². The Hall–Kier alpha value is -2.01. The molecule has 3 fully saturated rings. The third-order valence-electron chi connectivity index (χ3n) is 7.44. The van der Waals surface area contributed by atoms with Gasteiger partial charge in [0.05, 0.1) is 5.75 Å². The van der Waals surface area contributed by atoms with Gasteiger partial charge in [0.25, 0.3) is 0 Å². The van der Waals surface area contributed by atoms with E-state index in [0.29, 0.717) is 42.8 Å². The molecule has 1 aromatic rings. The van der Waals surface area contributed by atoms with Crippen molar-refractivity contribution in [2.24, 2.45) is 17.8 Å². The largest absolute Gasteiger partial charge is 0.480 e.